The van der Waals surface area contributed by atoms with E-state index < -0.39 is 4.92 Å². The highest BCUT2D eigenvalue weighted by Gasteiger charge is 2.28. The van der Waals surface area contributed by atoms with E-state index in [-0.39, 0.29) is 10.7 Å². The Morgan fingerprint density at radius 2 is 1.95 bits per heavy atom. The van der Waals surface area contributed by atoms with Crippen molar-refractivity contribution in [3.8, 4) is 0 Å². The van der Waals surface area contributed by atoms with Crippen LogP contribution in [0.5, 0.6) is 0 Å². The van der Waals surface area contributed by atoms with E-state index in [1.807, 2.05) is 6.92 Å². The average molecular weight is 311 g/mol. The molecule has 21 heavy (non-hydrogen) atoms. The first-order valence-corrected chi connectivity index (χ1v) is 7.58. The Bertz CT molecular complexity index is 554. The van der Waals surface area contributed by atoms with Crippen LogP contribution >= 0.6 is 11.6 Å². The summed E-state index contributed by atoms with van der Waals surface area (Å²) >= 11 is 6.04. The van der Waals surface area contributed by atoms with Gasteiger partial charge in [-0.25, -0.2) is 0 Å². The smallest absolute Gasteiger partial charge is 0.288 e. The summed E-state index contributed by atoms with van der Waals surface area (Å²) in [7, 11) is 0. The monoisotopic (exact) mass is 310 g/mol. The molecule has 6 nitrogen and oxygen atoms in total. The molecule has 0 unspecified atom stereocenters. The average Bonchev–Trinajstić information content (AvgIpc) is 2.40. The number of anilines is 1. The van der Waals surface area contributed by atoms with E-state index in [0.717, 1.165) is 50.5 Å². The molecule has 2 aliphatic heterocycles. The van der Waals surface area contributed by atoms with Gasteiger partial charge in [-0.1, -0.05) is 11.6 Å². The summed E-state index contributed by atoms with van der Waals surface area (Å²) in [4.78, 5) is 15.3. The fourth-order valence-corrected chi connectivity index (χ4v) is 3.22. The summed E-state index contributed by atoms with van der Waals surface area (Å²) in [5.74, 6) is 0. The van der Waals surface area contributed by atoms with Gasteiger partial charge < -0.3 is 10.2 Å². The predicted molar refractivity (Wildman–Crippen MR) is 83.3 cm³/mol. The van der Waals surface area contributed by atoms with E-state index in [9.17, 15) is 10.1 Å². The van der Waals surface area contributed by atoms with E-state index in [1.54, 1.807) is 12.1 Å². The van der Waals surface area contributed by atoms with Crippen LogP contribution in [0.15, 0.2) is 12.1 Å². The molecule has 0 spiro atoms. The molecule has 3 rings (SSSR count). The number of piperazine rings is 1. The third-order valence-electron chi connectivity index (χ3n) is 4.39. The number of hydrogen-bond acceptors (Lipinski definition) is 5. The van der Waals surface area contributed by atoms with E-state index >= 15 is 0 Å². The minimum Gasteiger partial charge on any atom is -0.369 e. The lowest BCUT2D eigenvalue weighted by atomic mass is 10.1. The van der Waals surface area contributed by atoms with Gasteiger partial charge in [-0.3, -0.25) is 15.0 Å². The van der Waals surface area contributed by atoms with Crippen LogP contribution in [0.1, 0.15) is 5.56 Å². The Balaban J connectivity index is 1.72. The molecule has 0 radical (unpaired) electrons. The zero-order valence-corrected chi connectivity index (χ0v) is 12.8. The summed E-state index contributed by atoms with van der Waals surface area (Å²) in [5.41, 5.74) is 1.90. The quantitative estimate of drug-likeness (QED) is 0.679. The second-order valence-corrected chi connectivity index (χ2v) is 6.09. The number of halogens is 1. The van der Waals surface area contributed by atoms with Crippen LogP contribution in [0.3, 0.4) is 0 Å². The van der Waals surface area contributed by atoms with E-state index in [1.165, 1.54) is 0 Å². The molecule has 0 aromatic heterocycles. The molecule has 2 fully saturated rings. The molecule has 0 amide bonds. The normalized spacial score (nSPS) is 20.4. The molecule has 0 saturated carbocycles. The molecule has 1 aromatic rings. The second kappa shape index (κ2) is 5.79. The van der Waals surface area contributed by atoms with Gasteiger partial charge in [-0.2, -0.15) is 0 Å². The first-order valence-electron chi connectivity index (χ1n) is 7.20. The maximum absolute atomic E-state index is 10.9. The van der Waals surface area contributed by atoms with Gasteiger partial charge in [0, 0.05) is 57.1 Å². The lowest BCUT2D eigenvalue weighted by molar-refractivity contribution is -0.384. The van der Waals surface area contributed by atoms with Gasteiger partial charge in [0.1, 0.15) is 5.02 Å². The van der Waals surface area contributed by atoms with Gasteiger partial charge in [-0.15, -0.1) is 0 Å². The van der Waals surface area contributed by atoms with Crippen molar-refractivity contribution < 1.29 is 4.92 Å². The molecular formula is C14H19ClN4O2. The lowest BCUT2D eigenvalue weighted by Crippen LogP contribution is -2.61. The van der Waals surface area contributed by atoms with E-state index in [0.29, 0.717) is 6.04 Å². The summed E-state index contributed by atoms with van der Waals surface area (Å²) in [6, 6.07) is 3.98. The zero-order chi connectivity index (χ0) is 15.0. The molecule has 0 atom stereocenters. The van der Waals surface area contributed by atoms with Gasteiger partial charge in [0.2, 0.25) is 0 Å². The number of nitrogens with zero attached hydrogens (tertiary/aromatic N) is 3. The fourth-order valence-electron chi connectivity index (χ4n) is 3.00. The number of hydrogen-bond donors (Lipinski definition) is 1. The summed E-state index contributed by atoms with van der Waals surface area (Å²) in [5, 5.41) is 14.4. The SMILES string of the molecule is Cc1cc([N+](=O)[O-])c(Cl)cc1N1CCN(C2CNC2)CC1. The van der Waals surface area contributed by atoms with Crippen LogP contribution in [0.4, 0.5) is 11.4 Å². The van der Waals surface area contributed by atoms with Crippen LogP contribution in [-0.4, -0.2) is 55.1 Å². The molecule has 1 N–H and O–H groups in total. The number of nitrogens with one attached hydrogen (secondary N) is 1. The number of nitro benzene ring substituents is 1. The predicted octanol–water partition coefficient (Wildman–Crippen LogP) is 1.65. The highest BCUT2D eigenvalue weighted by molar-refractivity contribution is 6.33. The van der Waals surface area contributed by atoms with Crippen molar-refractivity contribution in [3.05, 3.63) is 32.8 Å². The van der Waals surface area contributed by atoms with Gasteiger partial charge in [-0.05, 0) is 18.6 Å². The summed E-state index contributed by atoms with van der Waals surface area (Å²) in [6.07, 6.45) is 0. The van der Waals surface area contributed by atoms with Gasteiger partial charge in [0.25, 0.3) is 5.69 Å². The van der Waals surface area contributed by atoms with Gasteiger partial charge in [0.05, 0.1) is 4.92 Å². The Morgan fingerprint density at radius 1 is 1.29 bits per heavy atom. The minimum absolute atomic E-state index is 0.0166. The molecule has 0 bridgehead atoms. The highest BCUT2D eigenvalue weighted by atomic mass is 35.5. The van der Waals surface area contributed by atoms with Crippen molar-refractivity contribution in [1.29, 1.82) is 0 Å². The van der Waals surface area contributed by atoms with Crippen molar-refractivity contribution in [2.24, 2.45) is 0 Å². The van der Waals surface area contributed by atoms with E-state index in [4.69, 9.17) is 11.6 Å². The lowest BCUT2D eigenvalue weighted by Gasteiger charge is -2.44. The number of rotatable bonds is 3. The van der Waals surface area contributed by atoms with Crippen LogP contribution in [-0.2, 0) is 0 Å². The first kappa shape index (κ1) is 14.6. The summed E-state index contributed by atoms with van der Waals surface area (Å²) < 4.78 is 0. The van der Waals surface area contributed by atoms with Crippen molar-refractivity contribution in [3.63, 3.8) is 0 Å². The number of benzene rings is 1. The molecule has 114 valence electrons. The Labute approximate surface area is 128 Å². The first-order chi connectivity index (χ1) is 10.1. The standard InChI is InChI=1S/C14H19ClN4O2/c1-10-6-14(19(20)21)12(15)7-13(10)18-4-2-17(3-5-18)11-8-16-9-11/h6-7,11,16H,2-5,8-9H2,1H3. The third kappa shape index (κ3) is 2.84. The van der Waals surface area contributed by atoms with Gasteiger partial charge >= 0.3 is 0 Å². The van der Waals surface area contributed by atoms with Crippen molar-refractivity contribution in [2.45, 2.75) is 13.0 Å². The molecule has 0 aliphatic carbocycles. The fraction of sp³-hybridized carbons (Fsp3) is 0.571. The Kier molecular flexibility index (Phi) is 4.01. The maximum Gasteiger partial charge on any atom is 0.288 e. The van der Waals surface area contributed by atoms with Crippen molar-refractivity contribution in [2.75, 3.05) is 44.2 Å². The summed E-state index contributed by atoms with van der Waals surface area (Å²) in [6.45, 7) is 8.00. The van der Waals surface area contributed by atoms with Crippen LogP contribution in [0.25, 0.3) is 0 Å². The molecule has 7 heteroatoms. The number of nitro groups is 1. The Morgan fingerprint density at radius 3 is 2.48 bits per heavy atom. The Hall–Kier alpha value is -1.37. The van der Waals surface area contributed by atoms with Crippen LogP contribution < -0.4 is 10.2 Å². The molecule has 2 aliphatic rings. The molecule has 2 heterocycles. The largest absolute Gasteiger partial charge is 0.369 e. The maximum atomic E-state index is 10.9. The van der Waals surface area contributed by atoms with Crippen LogP contribution in [0, 0.1) is 17.0 Å². The zero-order valence-electron chi connectivity index (χ0n) is 12.0. The van der Waals surface area contributed by atoms with Crippen molar-refractivity contribution in [1.82, 2.24) is 10.2 Å². The highest BCUT2D eigenvalue weighted by Crippen LogP contribution is 2.33. The number of aryl methyl sites for hydroxylation is 1. The molecule has 1 aromatic carbocycles. The molecule has 2 saturated heterocycles. The van der Waals surface area contributed by atoms with Crippen molar-refractivity contribution >= 4 is 23.0 Å². The van der Waals surface area contributed by atoms with Gasteiger partial charge in [0.15, 0.2) is 0 Å². The topological polar surface area (TPSA) is 61.7 Å². The second-order valence-electron chi connectivity index (χ2n) is 5.68. The van der Waals surface area contributed by atoms with E-state index in [2.05, 4.69) is 15.1 Å². The third-order valence-corrected chi connectivity index (χ3v) is 4.70. The minimum atomic E-state index is -0.430. The van der Waals surface area contributed by atoms with Crippen LogP contribution in [0.2, 0.25) is 5.02 Å². The molecular weight excluding hydrogens is 292 g/mol.